The first-order valence-corrected chi connectivity index (χ1v) is 4.36. The number of para-hydroxylation sites is 1. The third-order valence-corrected chi connectivity index (χ3v) is 2.02. The minimum absolute atomic E-state index is 0.0767. The summed E-state index contributed by atoms with van der Waals surface area (Å²) in [5, 5.41) is 2.64. The molecule has 76 valence electrons. The normalized spacial score (nSPS) is 10.1. The zero-order valence-corrected chi connectivity index (χ0v) is 7.81. The summed E-state index contributed by atoms with van der Waals surface area (Å²) < 4.78 is 1.15. The first-order valence-electron chi connectivity index (χ1n) is 4.36. The number of nitrogens with zero attached hydrogens (tertiary/aromatic N) is 1. The van der Waals surface area contributed by atoms with Gasteiger partial charge in [-0.1, -0.05) is 18.2 Å². The van der Waals surface area contributed by atoms with Crippen LogP contribution < -0.4 is 16.7 Å². The first-order chi connectivity index (χ1) is 7.20. The molecule has 0 aliphatic rings. The summed E-state index contributed by atoms with van der Waals surface area (Å²) in [6.07, 6.45) is 1.30. The van der Waals surface area contributed by atoms with Crippen LogP contribution in [0.3, 0.4) is 0 Å². The van der Waals surface area contributed by atoms with Gasteiger partial charge in [-0.3, -0.25) is 14.7 Å². The maximum atomic E-state index is 11.5. The number of anilines is 1. The van der Waals surface area contributed by atoms with Gasteiger partial charge in [-0.2, -0.15) is 0 Å². The number of rotatable bonds is 1. The van der Waals surface area contributed by atoms with Crippen LogP contribution in [0, 0.1) is 0 Å². The lowest BCUT2D eigenvalue weighted by Gasteiger charge is -2.04. The molecule has 0 saturated carbocycles. The maximum Gasteiger partial charge on any atom is 0.319 e. The van der Waals surface area contributed by atoms with Crippen LogP contribution in [-0.4, -0.2) is 9.78 Å². The lowest BCUT2D eigenvalue weighted by atomic mass is 10.3. The van der Waals surface area contributed by atoms with Crippen molar-refractivity contribution in [2.24, 2.45) is 0 Å². The van der Waals surface area contributed by atoms with Crippen LogP contribution in [0.15, 0.2) is 46.1 Å². The molecule has 2 rings (SSSR count). The highest BCUT2D eigenvalue weighted by molar-refractivity contribution is 5.35. The van der Waals surface area contributed by atoms with Crippen molar-refractivity contribution in [3.05, 3.63) is 57.1 Å². The largest absolute Gasteiger partial charge is 0.394 e. The van der Waals surface area contributed by atoms with Crippen molar-refractivity contribution >= 4 is 5.69 Å². The zero-order valence-electron chi connectivity index (χ0n) is 7.81. The number of hydrogen-bond donors (Lipinski definition) is 2. The lowest BCUT2D eigenvalue weighted by Crippen LogP contribution is -2.36. The summed E-state index contributed by atoms with van der Waals surface area (Å²) in [5.41, 5.74) is 4.45. The third kappa shape index (κ3) is 1.54. The highest BCUT2D eigenvalue weighted by Crippen LogP contribution is 2.00. The Hall–Kier alpha value is -2.30. The van der Waals surface area contributed by atoms with Gasteiger partial charge < -0.3 is 5.73 Å². The van der Waals surface area contributed by atoms with Crippen LogP contribution in [0.5, 0.6) is 0 Å². The smallest absolute Gasteiger partial charge is 0.319 e. The van der Waals surface area contributed by atoms with Crippen molar-refractivity contribution in [3.63, 3.8) is 0 Å². The second-order valence-electron chi connectivity index (χ2n) is 3.03. The van der Waals surface area contributed by atoms with E-state index in [4.69, 9.17) is 5.73 Å². The highest BCUT2D eigenvalue weighted by atomic mass is 16.2. The molecule has 0 aliphatic heterocycles. The molecule has 2 aromatic rings. The predicted molar refractivity (Wildman–Crippen MR) is 57.1 cm³/mol. The van der Waals surface area contributed by atoms with E-state index in [2.05, 4.69) is 5.10 Å². The molecule has 5 heteroatoms. The van der Waals surface area contributed by atoms with Gasteiger partial charge in [-0.25, -0.2) is 4.68 Å². The molecule has 0 atom stereocenters. The third-order valence-electron chi connectivity index (χ3n) is 2.02. The Morgan fingerprint density at radius 2 is 1.80 bits per heavy atom. The number of nitrogen functional groups attached to an aromatic ring is 1. The molecule has 0 saturated heterocycles. The molecule has 5 nitrogen and oxygen atoms in total. The van der Waals surface area contributed by atoms with Crippen molar-refractivity contribution in [1.29, 1.82) is 0 Å². The average Bonchev–Trinajstić information content (AvgIpc) is 2.27. The van der Waals surface area contributed by atoms with Crippen molar-refractivity contribution in [1.82, 2.24) is 9.78 Å². The molecule has 0 unspecified atom stereocenters. The predicted octanol–water partition coefficient (Wildman–Crippen LogP) is 0.108. The first kappa shape index (κ1) is 9.26. The molecule has 1 heterocycles. The molecule has 0 spiro atoms. The standard InChI is InChI=1S/C10H9N3O2/c11-8-6-12-13(10(15)9(8)14)7-4-2-1-3-5-7/h1-6,12H,11H2. The van der Waals surface area contributed by atoms with Gasteiger partial charge in [-0.15, -0.1) is 0 Å². The Labute approximate surface area is 84.8 Å². The SMILES string of the molecule is Nc1c[nH]n(-c2ccccc2)c(=O)c1=O. The van der Waals surface area contributed by atoms with Crippen LogP contribution in [0.1, 0.15) is 0 Å². The number of aromatic amines is 1. The Kier molecular flexibility index (Phi) is 2.13. The van der Waals surface area contributed by atoms with Gasteiger partial charge >= 0.3 is 5.56 Å². The molecule has 0 bridgehead atoms. The quantitative estimate of drug-likeness (QED) is 0.645. The molecule has 0 amide bonds. The van der Waals surface area contributed by atoms with Gasteiger partial charge in [0.1, 0.15) is 5.69 Å². The van der Waals surface area contributed by atoms with E-state index < -0.39 is 11.0 Å². The van der Waals surface area contributed by atoms with E-state index >= 15 is 0 Å². The number of nitrogens with one attached hydrogen (secondary N) is 1. The number of hydrogen-bond acceptors (Lipinski definition) is 3. The Balaban J connectivity index is 2.72. The Bertz CT molecular complexity index is 584. The van der Waals surface area contributed by atoms with Crippen molar-refractivity contribution in [3.8, 4) is 5.69 Å². The molecular formula is C10H9N3O2. The molecule has 0 aliphatic carbocycles. The monoisotopic (exact) mass is 203 g/mol. The van der Waals surface area contributed by atoms with Gasteiger partial charge in [0, 0.05) is 6.20 Å². The minimum Gasteiger partial charge on any atom is -0.394 e. The van der Waals surface area contributed by atoms with E-state index in [1.54, 1.807) is 24.3 Å². The second kappa shape index (κ2) is 3.45. The van der Waals surface area contributed by atoms with Gasteiger partial charge in [0.15, 0.2) is 0 Å². The summed E-state index contributed by atoms with van der Waals surface area (Å²) in [6.45, 7) is 0. The van der Waals surface area contributed by atoms with Crippen LogP contribution in [0.2, 0.25) is 0 Å². The van der Waals surface area contributed by atoms with Gasteiger partial charge in [0.25, 0.3) is 5.43 Å². The minimum atomic E-state index is -0.697. The number of benzene rings is 1. The molecular weight excluding hydrogens is 194 g/mol. The van der Waals surface area contributed by atoms with E-state index in [1.165, 1.54) is 6.20 Å². The van der Waals surface area contributed by atoms with E-state index in [0.29, 0.717) is 5.69 Å². The Morgan fingerprint density at radius 3 is 2.47 bits per heavy atom. The Morgan fingerprint density at radius 1 is 1.13 bits per heavy atom. The molecule has 0 fully saturated rings. The fourth-order valence-corrected chi connectivity index (χ4v) is 1.25. The second-order valence-corrected chi connectivity index (χ2v) is 3.03. The summed E-state index contributed by atoms with van der Waals surface area (Å²) in [7, 11) is 0. The van der Waals surface area contributed by atoms with E-state index in [0.717, 1.165) is 4.68 Å². The zero-order chi connectivity index (χ0) is 10.8. The van der Waals surface area contributed by atoms with Gasteiger partial charge in [0.05, 0.1) is 5.69 Å². The molecule has 1 aromatic heterocycles. The van der Waals surface area contributed by atoms with E-state index in [9.17, 15) is 9.59 Å². The van der Waals surface area contributed by atoms with Gasteiger partial charge in [-0.05, 0) is 12.1 Å². The van der Waals surface area contributed by atoms with Crippen molar-refractivity contribution < 1.29 is 0 Å². The maximum absolute atomic E-state index is 11.5. The molecule has 1 aromatic carbocycles. The average molecular weight is 203 g/mol. The number of aromatic nitrogens is 2. The fraction of sp³-hybridized carbons (Fsp3) is 0. The van der Waals surface area contributed by atoms with Crippen LogP contribution in [-0.2, 0) is 0 Å². The topological polar surface area (TPSA) is 80.9 Å². The highest BCUT2D eigenvalue weighted by Gasteiger charge is 2.04. The lowest BCUT2D eigenvalue weighted by molar-refractivity contribution is 0.800. The van der Waals surface area contributed by atoms with Crippen LogP contribution >= 0.6 is 0 Å². The molecule has 0 radical (unpaired) electrons. The number of nitrogens with two attached hydrogens (primary N) is 1. The number of H-pyrrole nitrogens is 1. The van der Waals surface area contributed by atoms with Crippen LogP contribution in [0.25, 0.3) is 5.69 Å². The van der Waals surface area contributed by atoms with E-state index in [-0.39, 0.29) is 5.69 Å². The molecule has 15 heavy (non-hydrogen) atoms. The van der Waals surface area contributed by atoms with Crippen molar-refractivity contribution in [2.45, 2.75) is 0 Å². The summed E-state index contributed by atoms with van der Waals surface area (Å²) in [5.74, 6) is 0. The van der Waals surface area contributed by atoms with Crippen LogP contribution in [0.4, 0.5) is 5.69 Å². The summed E-state index contributed by atoms with van der Waals surface area (Å²) in [4.78, 5) is 22.8. The fourth-order valence-electron chi connectivity index (χ4n) is 1.25. The summed E-state index contributed by atoms with van der Waals surface area (Å²) >= 11 is 0. The molecule has 3 N–H and O–H groups in total. The van der Waals surface area contributed by atoms with E-state index in [1.807, 2.05) is 6.07 Å². The van der Waals surface area contributed by atoms with Crippen molar-refractivity contribution in [2.75, 3.05) is 5.73 Å². The summed E-state index contributed by atoms with van der Waals surface area (Å²) in [6, 6.07) is 8.80. The van der Waals surface area contributed by atoms with Gasteiger partial charge in [0.2, 0.25) is 0 Å².